The average Bonchev–Trinajstić information content (AvgIpc) is 2.38. The molecule has 1 fully saturated rings. The molecule has 1 heterocycles. The molecule has 2 N–H and O–H groups in total. The third kappa shape index (κ3) is 3.59. The van der Waals surface area contributed by atoms with E-state index in [0.29, 0.717) is 13.1 Å². The van der Waals surface area contributed by atoms with Gasteiger partial charge in [0.1, 0.15) is 6.04 Å². The molecule has 108 valence electrons. The zero-order valence-corrected chi connectivity index (χ0v) is 11.5. The Morgan fingerprint density at radius 1 is 1.58 bits per heavy atom. The molecule has 0 bridgehead atoms. The highest BCUT2D eigenvalue weighted by atomic mass is 16.4. The number of nitrogens with zero attached hydrogens (tertiary/aromatic N) is 2. The summed E-state index contributed by atoms with van der Waals surface area (Å²) in [4.78, 5) is 37.7. The maximum Gasteiger partial charge on any atom is 0.320 e. The predicted octanol–water partition coefficient (Wildman–Crippen LogP) is 0.112. The highest BCUT2D eigenvalue weighted by Crippen LogP contribution is 2.13. The van der Waals surface area contributed by atoms with Crippen LogP contribution in [0.5, 0.6) is 0 Å². The van der Waals surface area contributed by atoms with Crippen LogP contribution in [0.25, 0.3) is 0 Å². The van der Waals surface area contributed by atoms with Crippen molar-refractivity contribution in [1.29, 1.82) is 0 Å². The minimum atomic E-state index is -1.09. The van der Waals surface area contributed by atoms with Crippen LogP contribution in [0, 0.1) is 0 Å². The number of aliphatic carboxylic acids is 1. The highest BCUT2D eigenvalue weighted by Gasteiger charge is 2.36. The standard InChI is InChI=1S/C12H21N3O4/c1-4-8(2)14(3)12(19)15-6-5-13-11(18)9(15)7-10(16)17/h8-9H,4-7H2,1-3H3,(H,13,18)(H,16,17). The summed E-state index contributed by atoms with van der Waals surface area (Å²) in [6.07, 6.45) is 0.428. The molecule has 1 rings (SSSR count). The van der Waals surface area contributed by atoms with Gasteiger partial charge in [0, 0.05) is 26.2 Å². The van der Waals surface area contributed by atoms with Crippen LogP contribution in [0.1, 0.15) is 26.7 Å². The molecule has 2 unspecified atom stereocenters. The first-order valence-electron chi connectivity index (χ1n) is 6.41. The molecular formula is C12H21N3O4. The van der Waals surface area contributed by atoms with Crippen LogP contribution in [0.2, 0.25) is 0 Å². The van der Waals surface area contributed by atoms with E-state index in [1.807, 2.05) is 13.8 Å². The molecule has 0 spiro atoms. The molecule has 0 aromatic rings. The molecule has 0 radical (unpaired) electrons. The Morgan fingerprint density at radius 2 is 2.21 bits per heavy atom. The maximum absolute atomic E-state index is 12.3. The number of hydrogen-bond donors (Lipinski definition) is 2. The summed E-state index contributed by atoms with van der Waals surface area (Å²) in [6, 6.07) is -1.18. The topological polar surface area (TPSA) is 90.0 Å². The summed E-state index contributed by atoms with van der Waals surface area (Å²) in [7, 11) is 1.67. The number of amides is 3. The second kappa shape index (κ2) is 6.40. The van der Waals surface area contributed by atoms with Crippen LogP contribution in [-0.4, -0.2) is 65.0 Å². The van der Waals surface area contributed by atoms with Gasteiger partial charge in [0.05, 0.1) is 6.42 Å². The fourth-order valence-electron chi connectivity index (χ4n) is 1.98. The second-order valence-electron chi connectivity index (χ2n) is 4.75. The SMILES string of the molecule is CCC(C)N(C)C(=O)N1CCNC(=O)C1CC(=O)O. The Balaban J connectivity index is 2.84. The lowest BCUT2D eigenvalue weighted by Crippen LogP contribution is -2.60. The minimum absolute atomic E-state index is 0.0444. The first-order valence-corrected chi connectivity index (χ1v) is 6.41. The third-order valence-corrected chi connectivity index (χ3v) is 3.50. The summed E-state index contributed by atoms with van der Waals surface area (Å²) in [5, 5.41) is 11.4. The Labute approximate surface area is 112 Å². The van der Waals surface area contributed by atoms with Crippen molar-refractivity contribution in [3.8, 4) is 0 Å². The van der Waals surface area contributed by atoms with Crippen molar-refractivity contribution >= 4 is 17.9 Å². The number of urea groups is 1. The first-order chi connectivity index (χ1) is 8.88. The number of carboxylic acid groups (broad SMARTS) is 1. The van der Waals surface area contributed by atoms with Crippen LogP contribution in [0.15, 0.2) is 0 Å². The van der Waals surface area contributed by atoms with Crippen molar-refractivity contribution in [2.24, 2.45) is 0 Å². The Morgan fingerprint density at radius 3 is 2.74 bits per heavy atom. The predicted molar refractivity (Wildman–Crippen MR) is 68.7 cm³/mol. The summed E-state index contributed by atoms with van der Waals surface area (Å²) < 4.78 is 0. The number of nitrogens with one attached hydrogen (secondary N) is 1. The Kier molecular flexibility index (Phi) is 5.14. The molecule has 0 aromatic heterocycles. The van der Waals surface area contributed by atoms with Crippen LogP contribution in [-0.2, 0) is 9.59 Å². The molecule has 0 aromatic carbocycles. The van der Waals surface area contributed by atoms with Gasteiger partial charge in [-0.25, -0.2) is 4.79 Å². The highest BCUT2D eigenvalue weighted by molar-refractivity contribution is 5.91. The van der Waals surface area contributed by atoms with Gasteiger partial charge in [0.2, 0.25) is 5.91 Å². The summed E-state index contributed by atoms with van der Waals surface area (Å²) in [5.74, 6) is -1.49. The van der Waals surface area contributed by atoms with Gasteiger partial charge >= 0.3 is 12.0 Å². The molecule has 1 aliphatic rings. The molecule has 1 saturated heterocycles. The third-order valence-electron chi connectivity index (χ3n) is 3.50. The van der Waals surface area contributed by atoms with Gasteiger partial charge < -0.3 is 20.2 Å². The van der Waals surface area contributed by atoms with E-state index in [-0.39, 0.29) is 18.5 Å². The van der Waals surface area contributed by atoms with Crippen molar-refractivity contribution in [2.75, 3.05) is 20.1 Å². The van der Waals surface area contributed by atoms with E-state index in [1.165, 1.54) is 4.90 Å². The van der Waals surface area contributed by atoms with Crippen molar-refractivity contribution in [2.45, 2.75) is 38.8 Å². The van der Waals surface area contributed by atoms with Crippen molar-refractivity contribution in [3.05, 3.63) is 0 Å². The molecule has 0 aliphatic carbocycles. The fraction of sp³-hybridized carbons (Fsp3) is 0.750. The summed E-state index contributed by atoms with van der Waals surface area (Å²) >= 11 is 0. The molecule has 0 saturated carbocycles. The Bertz CT molecular complexity index is 372. The molecule has 7 heteroatoms. The van der Waals surface area contributed by atoms with E-state index in [9.17, 15) is 14.4 Å². The second-order valence-corrected chi connectivity index (χ2v) is 4.75. The monoisotopic (exact) mass is 271 g/mol. The number of carbonyl (C=O) groups excluding carboxylic acids is 2. The molecule has 2 atom stereocenters. The lowest BCUT2D eigenvalue weighted by atomic mass is 10.1. The molecule has 3 amide bonds. The van der Waals surface area contributed by atoms with Crippen LogP contribution in [0.4, 0.5) is 4.79 Å². The van der Waals surface area contributed by atoms with Crippen molar-refractivity contribution in [1.82, 2.24) is 15.1 Å². The first kappa shape index (κ1) is 15.3. The van der Waals surface area contributed by atoms with Crippen molar-refractivity contribution in [3.63, 3.8) is 0 Å². The smallest absolute Gasteiger partial charge is 0.320 e. The minimum Gasteiger partial charge on any atom is -0.481 e. The zero-order valence-electron chi connectivity index (χ0n) is 11.5. The van der Waals surface area contributed by atoms with Gasteiger partial charge in [-0.05, 0) is 13.3 Å². The van der Waals surface area contributed by atoms with Crippen LogP contribution in [0.3, 0.4) is 0 Å². The number of carboxylic acids is 1. The fourth-order valence-corrected chi connectivity index (χ4v) is 1.98. The molecule has 7 nitrogen and oxygen atoms in total. The quantitative estimate of drug-likeness (QED) is 0.759. The van der Waals surface area contributed by atoms with Gasteiger partial charge in [-0.3, -0.25) is 9.59 Å². The summed E-state index contributed by atoms with van der Waals surface area (Å²) in [6.45, 7) is 4.57. The van der Waals surface area contributed by atoms with Gasteiger partial charge in [-0.1, -0.05) is 6.92 Å². The van der Waals surface area contributed by atoms with Gasteiger partial charge in [-0.2, -0.15) is 0 Å². The van der Waals surface area contributed by atoms with Crippen molar-refractivity contribution < 1.29 is 19.5 Å². The lowest BCUT2D eigenvalue weighted by Gasteiger charge is -2.38. The van der Waals surface area contributed by atoms with Gasteiger partial charge in [-0.15, -0.1) is 0 Å². The maximum atomic E-state index is 12.3. The normalized spacial score (nSPS) is 20.7. The average molecular weight is 271 g/mol. The van der Waals surface area contributed by atoms with E-state index < -0.39 is 17.9 Å². The van der Waals surface area contributed by atoms with Gasteiger partial charge in [0.15, 0.2) is 0 Å². The van der Waals surface area contributed by atoms with Gasteiger partial charge in [0.25, 0.3) is 0 Å². The largest absolute Gasteiger partial charge is 0.481 e. The molecular weight excluding hydrogens is 250 g/mol. The van der Waals surface area contributed by atoms with E-state index >= 15 is 0 Å². The number of piperazine rings is 1. The number of hydrogen-bond acceptors (Lipinski definition) is 3. The lowest BCUT2D eigenvalue weighted by molar-refractivity contribution is -0.142. The summed E-state index contributed by atoms with van der Waals surface area (Å²) in [5.41, 5.74) is 0. The van der Waals surface area contributed by atoms with E-state index in [0.717, 1.165) is 6.42 Å². The Hall–Kier alpha value is -1.79. The van der Waals surface area contributed by atoms with E-state index in [2.05, 4.69) is 5.32 Å². The van der Waals surface area contributed by atoms with Crippen LogP contribution >= 0.6 is 0 Å². The van der Waals surface area contributed by atoms with Crippen LogP contribution < -0.4 is 5.32 Å². The number of rotatable bonds is 4. The van der Waals surface area contributed by atoms with E-state index in [4.69, 9.17) is 5.11 Å². The molecule has 19 heavy (non-hydrogen) atoms. The molecule has 1 aliphatic heterocycles. The number of carbonyl (C=O) groups is 3. The zero-order chi connectivity index (χ0) is 14.6. The van der Waals surface area contributed by atoms with E-state index in [1.54, 1.807) is 11.9 Å².